The number of aromatic nitrogens is 5. The van der Waals surface area contributed by atoms with Gasteiger partial charge in [-0.2, -0.15) is 15.0 Å². The van der Waals surface area contributed by atoms with Crippen molar-refractivity contribution in [3.63, 3.8) is 0 Å². The van der Waals surface area contributed by atoms with Gasteiger partial charge in [0.2, 0.25) is 17.8 Å². The van der Waals surface area contributed by atoms with Gasteiger partial charge in [-0.15, -0.1) is 0 Å². The average molecular weight is 276 g/mol. The quantitative estimate of drug-likeness (QED) is 0.537. The summed E-state index contributed by atoms with van der Waals surface area (Å²) in [6, 6.07) is 0.253. The molecule has 0 bridgehead atoms. The van der Waals surface area contributed by atoms with Gasteiger partial charge in [0.25, 0.3) is 0 Å². The molecular formula is C12H20N8. The number of hydrogen-bond donors (Lipinski definition) is 3. The number of imidazole rings is 1. The minimum atomic E-state index is 0.253. The Balaban J connectivity index is 2.27. The summed E-state index contributed by atoms with van der Waals surface area (Å²) < 4.78 is 1.70. The van der Waals surface area contributed by atoms with E-state index in [1.165, 1.54) is 0 Å². The van der Waals surface area contributed by atoms with Crippen molar-refractivity contribution in [2.24, 2.45) is 11.8 Å². The minimum Gasteiger partial charge on any atom is -0.351 e. The maximum atomic E-state index is 5.40. The molecule has 2 unspecified atom stereocenters. The summed E-state index contributed by atoms with van der Waals surface area (Å²) in [6.07, 6.45) is 6.12. The number of nitrogens with zero attached hydrogens (tertiary/aromatic N) is 5. The van der Waals surface area contributed by atoms with E-state index >= 15 is 0 Å². The number of rotatable bonds is 6. The average Bonchev–Trinajstić information content (AvgIpc) is 3.00. The predicted octanol–water partition coefficient (Wildman–Crippen LogP) is 1.19. The molecule has 108 valence electrons. The van der Waals surface area contributed by atoms with Crippen LogP contribution in [0.3, 0.4) is 0 Å². The molecule has 4 N–H and O–H groups in total. The largest absolute Gasteiger partial charge is 0.351 e. The molecule has 0 amide bonds. The number of hydrazine groups is 1. The first-order valence-corrected chi connectivity index (χ1v) is 6.61. The zero-order chi connectivity index (χ0) is 14.5. The molecule has 2 rings (SSSR count). The molecule has 8 nitrogen and oxygen atoms in total. The highest BCUT2D eigenvalue weighted by molar-refractivity contribution is 5.37. The molecule has 0 aliphatic rings. The molecular weight excluding hydrogens is 256 g/mol. The summed E-state index contributed by atoms with van der Waals surface area (Å²) >= 11 is 0. The molecule has 0 saturated heterocycles. The van der Waals surface area contributed by atoms with Crippen molar-refractivity contribution < 1.29 is 0 Å². The SMILES string of the molecule is CCC(C)C(C)Nc1nc(NN)nc(-n2ccnc2)n1. The maximum absolute atomic E-state index is 5.40. The van der Waals surface area contributed by atoms with Crippen molar-refractivity contribution in [1.29, 1.82) is 0 Å². The van der Waals surface area contributed by atoms with Gasteiger partial charge in [0, 0.05) is 18.4 Å². The van der Waals surface area contributed by atoms with Gasteiger partial charge in [-0.05, 0) is 12.8 Å². The highest BCUT2D eigenvalue weighted by Crippen LogP contribution is 2.14. The first-order valence-electron chi connectivity index (χ1n) is 6.61. The first-order chi connectivity index (χ1) is 9.63. The van der Waals surface area contributed by atoms with Crippen LogP contribution in [0, 0.1) is 5.92 Å². The van der Waals surface area contributed by atoms with Crippen molar-refractivity contribution in [3.8, 4) is 5.95 Å². The molecule has 2 heterocycles. The van der Waals surface area contributed by atoms with Crippen LogP contribution in [0.4, 0.5) is 11.9 Å². The molecule has 2 aromatic heterocycles. The van der Waals surface area contributed by atoms with Crippen molar-refractivity contribution in [2.45, 2.75) is 33.2 Å². The molecule has 0 saturated carbocycles. The van der Waals surface area contributed by atoms with Gasteiger partial charge < -0.3 is 5.32 Å². The Kier molecular flexibility index (Phi) is 4.46. The van der Waals surface area contributed by atoms with E-state index in [1.807, 2.05) is 0 Å². The van der Waals surface area contributed by atoms with E-state index in [2.05, 4.69) is 51.4 Å². The van der Waals surface area contributed by atoms with Crippen LogP contribution in [-0.2, 0) is 0 Å². The van der Waals surface area contributed by atoms with Crippen LogP contribution in [0.2, 0.25) is 0 Å². The summed E-state index contributed by atoms with van der Waals surface area (Å²) in [4.78, 5) is 16.8. The lowest BCUT2D eigenvalue weighted by Crippen LogP contribution is -2.25. The van der Waals surface area contributed by atoms with Crippen molar-refractivity contribution in [3.05, 3.63) is 18.7 Å². The molecule has 0 spiro atoms. The molecule has 0 fully saturated rings. The summed E-state index contributed by atoms with van der Waals surface area (Å²) in [5.41, 5.74) is 2.45. The van der Waals surface area contributed by atoms with E-state index in [4.69, 9.17) is 5.84 Å². The van der Waals surface area contributed by atoms with Crippen LogP contribution in [0.25, 0.3) is 5.95 Å². The van der Waals surface area contributed by atoms with Gasteiger partial charge in [0.1, 0.15) is 6.33 Å². The maximum Gasteiger partial charge on any atom is 0.243 e. The van der Waals surface area contributed by atoms with E-state index in [9.17, 15) is 0 Å². The zero-order valence-electron chi connectivity index (χ0n) is 11.9. The third-order valence-corrected chi connectivity index (χ3v) is 3.34. The molecule has 8 heteroatoms. The van der Waals surface area contributed by atoms with E-state index in [0.717, 1.165) is 6.42 Å². The highest BCUT2D eigenvalue weighted by Gasteiger charge is 2.13. The van der Waals surface area contributed by atoms with Crippen molar-refractivity contribution in [2.75, 3.05) is 10.7 Å². The third kappa shape index (κ3) is 3.21. The number of nitrogens with two attached hydrogens (primary N) is 1. The van der Waals surface area contributed by atoms with Gasteiger partial charge >= 0.3 is 0 Å². The van der Waals surface area contributed by atoms with E-state index in [-0.39, 0.29) is 6.04 Å². The minimum absolute atomic E-state index is 0.253. The summed E-state index contributed by atoms with van der Waals surface area (Å²) in [6.45, 7) is 6.43. The molecule has 0 radical (unpaired) electrons. The highest BCUT2D eigenvalue weighted by atomic mass is 15.4. The van der Waals surface area contributed by atoms with E-state index < -0.39 is 0 Å². The molecule has 20 heavy (non-hydrogen) atoms. The zero-order valence-corrected chi connectivity index (χ0v) is 11.9. The fourth-order valence-electron chi connectivity index (χ4n) is 1.69. The van der Waals surface area contributed by atoms with Crippen LogP contribution in [0.1, 0.15) is 27.2 Å². The lowest BCUT2D eigenvalue weighted by atomic mass is 10.0. The first kappa shape index (κ1) is 14.2. The van der Waals surface area contributed by atoms with Gasteiger partial charge in [0.05, 0.1) is 0 Å². The standard InChI is InChI=1S/C12H20N8/c1-4-8(2)9(3)15-10-16-11(19-13)18-12(17-10)20-6-5-14-7-20/h5-9H,4,13H2,1-3H3,(H2,15,16,17,18,19). The smallest absolute Gasteiger partial charge is 0.243 e. The number of anilines is 2. The van der Waals surface area contributed by atoms with Crippen molar-refractivity contribution >= 4 is 11.9 Å². The van der Waals surface area contributed by atoms with Crippen LogP contribution in [0.15, 0.2) is 18.7 Å². The Morgan fingerprint density at radius 2 is 2.00 bits per heavy atom. The molecule has 2 aromatic rings. The van der Waals surface area contributed by atoms with Crippen LogP contribution < -0.4 is 16.6 Å². The Morgan fingerprint density at radius 1 is 1.25 bits per heavy atom. The molecule has 2 atom stereocenters. The second-order valence-electron chi connectivity index (χ2n) is 4.72. The number of nitrogens with one attached hydrogen (secondary N) is 2. The fraction of sp³-hybridized carbons (Fsp3) is 0.500. The second kappa shape index (κ2) is 6.29. The monoisotopic (exact) mass is 276 g/mol. The molecule has 0 aliphatic heterocycles. The summed E-state index contributed by atoms with van der Waals surface area (Å²) in [5, 5.41) is 3.28. The lowest BCUT2D eigenvalue weighted by molar-refractivity contribution is 0.492. The van der Waals surface area contributed by atoms with Gasteiger partial charge in [0.15, 0.2) is 0 Å². The van der Waals surface area contributed by atoms with Gasteiger partial charge in [-0.25, -0.2) is 10.8 Å². The Morgan fingerprint density at radius 3 is 2.60 bits per heavy atom. The Labute approximate surface area is 117 Å². The second-order valence-corrected chi connectivity index (χ2v) is 4.72. The van der Waals surface area contributed by atoms with Crippen LogP contribution >= 0.6 is 0 Å². The van der Waals surface area contributed by atoms with E-state index in [0.29, 0.717) is 23.8 Å². The third-order valence-electron chi connectivity index (χ3n) is 3.34. The lowest BCUT2D eigenvalue weighted by Gasteiger charge is -2.20. The number of hydrogen-bond acceptors (Lipinski definition) is 7. The van der Waals surface area contributed by atoms with Crippen LogP contribution in [0.5, 0.6) is 0 Å². The Hall–Kier alpha value is -2.22. The molecule has 0 aliphatic carbocycles. The predicted molar refractivity (Wildman–Crippen MR) is 77.3 cm³/mol. The number of nitrogen functional groups attached to an aromatic ring is 1. The normalized spacial score (nSPS) is 13.8. The molecule has 0 aromatic carbocycles. The van der Waals surface area contributed by atoms with Crippen molar-refractivity contribution in [1.82, 2.24) is 24.5 Å². The van der Waals surface area contributed by atoms with Gasteiger partial charge in [-0.1, -0.05) is 20.3 Å². The van der Waals surface area contributed by atoms with Crippen LogP contribution in [-0.4, -0.2) is 30.5 Å². The summed E-state index contributed by atoms with van der Waals surface area (Å²) in [5.74, 6) is 7.17. The summed E-state index contributed by atoms with van der Waals surface area (Å²) in [7, 11) is 0. The van der Waals surface area contributed by atoms with E-state index in [1.54, 1.807) is 23.3 Å². The topological polar surface area (TPSA) is 107 Å². The fourth-order valence-corrected chi connectivity index (χ4v) is 1.69. The Bertz CT molecular complexity index is 538. The van der Waals surface area contributed by atoms with Gasteiger partial charge in [-0.3, -0.25) is 9.99 Å².